The van der Waals surface area contributed by atoms with Crippen molar-refractivity contribution in [3.05, 3.63) is 23.9 Å². The molecule has 0 unspecified atom stereocenters. The normalized spacial score (nSPS) is 11.2. The van der Waals surface area contributed by atoms with Crippen LogP contribution in [0.25, 0.3) is 0 Å². The standard InChI is InChI=1S/C13H22N4O/c1-13(2,7-8-14)16-11-6-5-10(9-15-11)12(18)17(3)4/h5-6,9H,7-8,14H2,1-4H3,(H,15,16). The third kappa shape index (κ3) is 4.00. The topological polar surface area (TPSA) is 71.2 Å². The van der Waals surface area contributed by atoms with Crippen molar-refractivity contribution in [2.24, 2.45) is 5.73 Å². The quantitative estimate of drug-likeness (QED) is 0.827. The molecule has 1 aromatic rings. The van der Waals surface area contributed by atoms with Gasteiger partial charge in [0.25, 0.3) is 5.91 Å². The van der Waals surface area contributed by atoms with Crippen LogP contribution < -0.4 is 11.1 Å². The van der Waals surface area contributed by atoms with E-state index in [9.17, 15) is 4.79 Å². The van der Waals surface area contributed by atoms with E-state index in [2.05, 4.69) is 24.1 Å². The largest absolute Gasteiger partial charge is 0.365 e. The lowest BCUT2D eigenvalue weighted by Gasteiger charge is -2.26. The molecule has 100 valence electrons. The van der Waals surface area contributed by atoms with Gasteiger partial charge in [0.1, 0.15) is 5.82 Å². The average molecular weight is 250 g/mol. The second-order valence-electron chi connectivity index (χ2n) is 5.18. The Balaban J connectivity index is 2.75. The molecule has 18 heavy (non-hydrogen) atoms. The Morgan fingerprint density at radius 2 is 2.11 bits per heavy atom. The van der Waals surface area contributed by atoms with Gasteiger partial charge in [0.15, 0.2) is 0 Å². The molecule has 0 saturated carbocycles. The summed E-state index contributed by atoms with van der Waals surface area (Å²) < 4.78 is 0. The highest BCUT2D eigenvalue weighted by Crippen LogP contribution is 2.16. The van der Waals surface area contributed by atoms with E-state index in [4.69, 9.17) is 5.73 Å². The highest BCUT2D eigenvalue weighted by Gasteiger charge is 2.17. The lowest BCUT2D eigenvalue weighted by Crippen LogP contribution is -2.33. The first-order chi connectivity index (χ1) is 8.35. The van der Waals surface area contributed by atoms with E-state index in [-0.39, 0.29) is 11.4 Å². The van der Waals surface area contributed by atoms with Crippen LogP contribution in [0.5, 0.6) is 0 Å². The molecule has 3 N–H and O–H groups in total. The summed E-state index contributed by atoms with van der Waals surface area (Å²) in [5.41, 5.74) is 6.04. The van der Waals surface area contributed by atoms with Crippen LogP contribution in [0.4, 0.5) is 5.82 Å². The van der Waals surface area contributed by atoms with Crippen molar-refractivity contribution in [1.29, 1.82) is 0 Å². The summed E-state index contributed by atoms with van der Waals surface area (Å²) in [4.78, 5) is 17.5. The smallest absolute Gasteiger partial charge is 0.254 e. The summed E-state index contributed by atoms with van der Waals surface area (Å²) in [6.07, 6.45) is 2.44. The zero-order valence-electron chi connectivity index (χ0n) is 11.5. The molecular weight excluding hydrogens is 228 g/mol. The number of hydrogen-bond acceptors (Lipinski definition) is 4. The number of carbonyl (C=O) groups is 1. The van der Waals surface area contributed by atoms with Crippen molar-refractivity contribution in [2.75, 3.05) is 26.0 Å². The SMILES string of the molecule is CN(C)C(=O)c1ccc(NC(C)(C)CCN)nc1. The summed E-state index contributed by atoms with van der Waals surface area (Å²) >= 11 is 0. The summed E-state index contributed by atoms with van der Waals surface area (Å²) in [5, 5.41) is 3.30. The number of anilines is 1. The van der Waals surface area contributed by atoms with E-state index in [1.807, 2.05) is 6.07 Å². The van der Waals surface area contributed by atoms with E-state index in [1.165, 1.54) is 4.90 Å². The minimum absolute atomic E-state index is 0.0460. The molecule has 0 aliphatic carbocycles. The second kappa shape index (κ2) is 5.82. The lowest BCUT2D eigenvalue weighted by molar-refractivity contribution is 0.0827. The van der Waals surface area contributed by atoms with Crippen molar-refractivity contribution in [3.8, 4) is 0 Å². The maximum Gasteiger partial charge on any atom is 0.254 e. The van der Waals surface area contributed by atoms with Crippen molar-refractivity contribution >= 4 is 11.7 Å². The molecule has 0 aliphatic rings. The number of carbonyl (C=O) groups excluding carboxylic acids is 1. The van der Waals surface area contributed by atoms with Gasteiger partial charge < -0.3 is 16.0 Å². The minimum Gasteiger partial charge on any atom is -0.365 e. The molecular formula is C13H22N4O. The Morgan fingerprint density at radius 3 is 2.56 bits per heavy atom. The van der Waals surface area contributed by atoms with Crippen LogP contribution in [-0.4, -0.2) is 42.0 Å². The fourth-order valence-electron chi connectivity index (χ4n) is 1.62. The highest BCUT2D eigenvalue weighted by molar-refractivity contribution is 5.93. The fourth-order valence-corrected chi connectivity index (χ4v) is 1.62. The first-order valence-electron chi connectivity index (χ1n) is 6.02. The third-order valence-electron chi connectivity index (χ3n) is 2.65. The number of hydrogen-bond donors (Lipinski definition) is 2. The number of rotatable bonds is 5. The molecule has 1 rings (SSSR count). The van der Waals surface area contributed by atoms with Gasteiger partial charge in [-0.05, 0) is 38.9 Å². The molecule has 1 aromatic heterocycles. The van der Waals surface area contributed by atoms with E-state index in [1.54, 1.807) is 26.4 Å². The van der Waals surface area contributed by atoms with Crippen LogP contribution in [-0.2, 0) is 0 Å². The Hall–Kier alpha value is -1.62. The number of nitrogens with zero attached hydrogens (tertiary/aromatic N) is 2. The highest BCUT2D eigenvalue weighted by atomic mass is 16.2. The van der Waals surface area contributed by atoms with Gasteiger partial charge in [0.05, 0.1) is 5.56 Å². The lowest BCUT2D eigenvalue weighted by atomic mass is 10.0. The van der Waals surface area contributed by atoms with Crippen LogP contribution in [0, 0.1) is 0 Å². The first kappa shape index (κ1) is 14.4. The van der Waals surface area contributed by atoms with Gasteiger partial charge in [-0.3, -0.25) is 4.79 Å². The fraction of sp³-hybridized carbons (Fsp3) is 0.538. The van der Waals surface area contributed by atoms with Gasteiger partial charge >= 0.3 is 0 Å². The Kier molecular flexibility index (Phi) is 4.67. The number of amides is 1. The second-order valence-corrected chi connectivity index (χ2v) is 5.18. The maximum absolute atomic E-state index is 11.7. The molecule has 0 bridgehead atoms. The number of aromatic nitrogens is 1. The molecule has 0 fully saturated rings. The van der Waals surface area contributed by atoms with Crippen molar-refractivity contribution in [1.82, 2.24) is 9.88 Å². The average Bonchev–Trinajstić information content (AvgIpc) is 2.28. The van der Waals surface area contributed by atoms with Crippen LogP contribution in [0.1, 0.15) is 30.6 Å². The molecule has 0 aromatic carbocycles. The van der Waals surface area contributed by atoms with Crippen LogP contribution >= 0.6 is 0 Å². The molecule has 0 radical (unpaired) electrons. The summed E-state index contributed by atoms with van der Waals surface area (Å²) in [6, 6.07) is 3.59. The van der Waals surface area contributed by atoms with Gasteiger partial charge in [0.2, 0.25) is 0 Å². The molecule has 0 spiro atoms. The zero-order valence-corrected chi connectivity index (χ0v) is 11.5. The number of nitrogens with one attached hydrogen (secondary N) is 1. The molecule has 0 atom stereocenters. The summed E-state index contributed by atoms with van der Waals surface area (Å²) in [5.74, 6) is 0.707. The molecule has 0 aliphatic heterocycles. The van der Waals surface area contributed by atoms with Gasteiger partial charge in [-0.15, -0.1) is 0 Å². The van der Waals surface area contributed by atoms with Crippen molar-refractivity contribution < 1.29 is 4.79 Å². The molecule has 5 heteroatoms. The Bertz CT molecular complexity index is 398. The zero-order chi connectivity index (χ0) is 13.8. The van der Waals surface area contributed by atoms with E-state index >= 15 is 0 Å². The summed E-state index contributed by atoms with van der Waals surface area (Å²) in [6.45, 7) is 4.76. The Morgan fingerprint density at radius 1 is 1.44 bits per heavy atom. The number of pyridine rings is 1. The third-order valence-corrected chi connectivity index (χ3v) is 2.65. The van der Waals surface area contributed by atoms with E-state index in [0.29, 0.717) is 12.1 Å². The van der Waals surface area contributed by atoms with Crippen molar-refractivity contribution in [2.45, 2.75) is 25.8 Å². The minimum atomic E-state index is -0.102. The first-order valence-corrected chi connectivity index (χ1v) is 6.02. The van der Waals surface area contributed by atoms with Gasteiger partial charge in [-0.2, -0.15) is 0 Å². The van der Waals surface area contributed by atoms with Crippen LogP contribution in [0.3, 0.4) is 0 Å². The predicted molar refractivity (Wildman–Crippen MR) is 73.6 cm³/mol. The van der Waals surface area contributed by atoms with Gasteiger partial charge in [-0.25, -0.2) is 4.98 Å². The Labute approximate surface area is 108 Å². The van der Waals surface area contributed by atoms with Crippen LogP contribution in [0.15, 0.2) is 18.3 Å². The maximum atomic E-state index is 11.7. The summed E-state index contributed by atoms with van der Waals surface area (Å²) in [7, 11) is 3.44. The monoisotopic (exact) mass is 250 g/mol. The molecule has 0 saturated heterocycles. The molecule has 1 heterocycles. The van der Waals surface area contributed by atoms with Crippen LogP contribution in [0.2, 0.25) is 0 Å². The van der Waals surface area contributed by atoms with E-state index in [0.717, 1.165) is 12.2 Å². The van der Waals surface area contributed by atoms with Gasteiger partial charge in [0, 0.05) is 25.8 Å². The molecule has 1 amide bonds. The number of nitrogens with two attached hydrogens (primary N) is 1. The van der Waals surface area contributed by atoms with E-state index < -0.39 is 0 Å². The predicted octanol–water partition coefficient (Wildman–Crippen LogP) is 1.32. The van der Waals surface area contributed by atoms with Crippen molar-refractivity contribution in [3.63, 3.8) is 0 Å². The molecule has 5 nitrogen and oxygen atoms in total. The van der Waals surface area contributed by atoms with Gasteiger partial charge in [-0.1, -0.05) is 0 Å².